The summed E-state index contributed by atoms with van der Waals surface area (Å²) in [5.41, 5.74) is -2.11. The molecule has 4 nitrogen and oxygen atoms in total. The summed E-state index contributed by atoms with van der Waals surface area (Å²) in [6.45, 7) is 5.48. The van der Waals surface area contributed by atoms with E-state index in [0.29, 0.717) is 31.5 Å². The van der Waals surface area contributed by atoms with Crippen LogP contribution in [0.15, 0.2) is 18.2 Å². The topological polar surface area (TPSA) is 49.8 Å². The molecule has 8 heteroatoms. The van der Waals surface area contributed by atoms with Crippen LogP contribution >= 0.6 is 0 Å². The first kappa shape index (κ1) is 19.5. The van der Waals surface area contributed by atoms with Crippen LogP contribution in [0.4, 0.5) is 22.4 Å². The van der Waals surface area contributed by atoms with Crippen molar-refractivity contribution in [3.05, 3.63) is 35.1 Å². The Labute approximate surface area is 143 Å². The van der Waals surface area contributed by atoms with Gasteiger partial charge >= 0.3 is 12.3 Å². The van der Waals surface area contributed by atoms with Crippen LogP contribution in [0.2, 0.25) is 0 Å². The Morgan fingerprint density at radius 3 is 2.48 bits per heavy atom. The summed E-state index contributed by atoms with van der Waals surface area (Å²) in [6, 6.07) is 1.62. The minimum atomic E-state index is -4.80. The number of aliphatic hydroxyl groups is 1. The van der Waals surface area contributed by atoms with E-state index in [2.05, 4.69) is 0 Å². The molecule has 2 atom stereocenters. The summed E-state index contributed by atoms with van der Waals surface area (Å²) in [4.78, 5) is 13.6. The summed E-state index contributed by atoms with van der Waals surface area (Å²) < 4.78 is 56.9. The molecule has 1 N–H and O–H groups in total. The fraction of sp³-hybridized carbons (Fsp3) is 0.588. The zero-order valence-electron chi connectivity index (χ0n) is 14.2. The lowest BCUT2D eigenvalue weighted by Crippen LogP contribution is -2.42. The van der Waals surface area contributed by atoms with Crippen molar-refractivity contribution < 1.29 is 32.2 Å². The summed E-state index contributed by atoms with van der Waals surface area (Å²) in [6.07, 6.45) is -5.65. The second-order valence-electron chi connectivity index (χ2n) is 7.07. The van der Waals surface area contributed by atoms with Crippen LogP contribution in [0.3, 0.4) is 0 Å². The fourth-order valence-electron chi connectivity index (χ4n) is 2.84. The quantitative estimate of drug-likeness (QED) is 0.798. The molecule has 1 aromatic rings. The van der Waals surface area contributed by atoms with Gasteiger partial charge in [-0.1, -0.05) is 6.07 Å². The van der Waals surface area contributed by atoms with Gasteiger partial charge in [0.25, 0.3) is 0 Å². The number of hydrogen-bond acceptors (Lipinski definition) is 3. The number of rotatable bonds is 2. The molecule has 0 aromatic heterocycles. The average Bonchev–Trinajstić information content (AvgIpc) is 2.92. The highest BCUT2D eigenvalue weighted by atomic mass is 19.4. The Balaban J connectivity index is 2.20. The molecule has 2 rings (SSSR count). The van der Waals surface area contributed by atoms with E-state index in [1.54, 1.807) is 20.8 Å². The standard InChI is InChI=1S/C17H21F4NO3/c1-16(2,3)25-15(24)22-8-4-5-13(22)14(23)10-6-7-11(12(18)9-10)17(19,20)21/h6-7,9,13-14,23H,4-5,8H2,1-3H3. The largest absolute Gasteiger partial charge is 0.444 e. The minimum absolute atomic E-state index is 0.00837. The number of benzene rings is 1. The number of aliphatic hydroxyl groups excluding tert-OH is 1. The van der Waals surface area contributed by atoms with E-state index >= 15 is 0 Å². The SMILES string of the molecule is CC(C)(C)OC(=O)N1CCCC1C(O)c1ccc(C(F)(F)F)c(F)c1. The number of carbonyl (C=O) groups is 1. The van der Waals surface area contributed by atoms with E-state index in [4.69, 9.17) is 4.74 Å². The molecule has 1 aliphatic heterocycles. The number of amides is 1. The van der Waals surface area contributed by atoms with Crippen LogP contribution in [0.1, 0.15) is 50.8 Å². The van der Waals surface area contributed by atoms with E-state index in [1.165, 1.54) is 4.90 Å². The van der Waals surface area contributed by atoms with Crippen molar-refractivity contribution in [1.82, 2.24) is 4.90 Å². The van der Waals surface area contributed by atoms with Gasteiger partial charge in [0.05, 0.1) is 17.7 Å². The van der Waals surface area contributed by atoms with Gasteiger partial charge in [0.15, 0.2) is 0 Å². The first-order chi connectivity index (χ1) is 11.4. The molecular weight excluding hydrogens is 342 g/mol. The van der Waals surface area contributed by atoms with Crippen LogP contribution in [-0.4, -0.2) is 34.3 Å². The summed E-state index contributed by atoms with van der Waals surface area (Å²) in [5.74, 6) is -1.45. The first-order valence-electron chi connectivity index (χ1n) is 7.94. The molecule has 0 saturated carbocycles. The van der Waals surface area contributed by atoms with Gasteiger partial charge in [-0.15, -0.1) is 0 Å². The number of likely N-dealkylation sites (tertiary alicyclic amines) is 1. The number of hydrogen-bond donors (Lipinski definition) is 1. The van der Waals surface area contributed by atoms with Gasteiger partial charge in [0.2, 0.25) is 0 Å². The average molecular weight is 363 g/mol. The van der Waals surface area contributed by atoms with E-state index in [9.17, 15) is 27.5 Å². The number of alkyl halides is 3. The molecule has 1 heterocycles. The highest BCUT2D eigenvalue weighted by Crippen LogP contribution is 2.35. The Kier molecular flexibility index (Phi) is 5.32. The maximum atomic E-state index is 13.7. The van der Waals surface area contributed by atoms with E-state index in [1.807, 2.05) is 0 Å². The molecule has 1 aromatic carbocycles. The fourth-order valence-corrected chi connectivity index (χ4v) is 2.84. The Bertz CT molecular complexity index is 640. The normalized spacial score (nSPS) is 19.8. The predicted molar refractivity (Wildman–Crippen MR) is 82.3 cm³/mol. The molecular formula is C17H21F4NO3. The molecule has 1 aliphatic rings. The van der Waals surface area contributed by atoms with Crippen LogP contribution in [-0.2, 0) is 10.9 Å². The number of halogens is 4. The molecule has 0 aliphatic carbocycles. The van der Waals surface area contributed by atoms with Gasteiger partial charge in [0.1, 0.15) is 11.4 Å². The summed E-state index contributed by atoms with van der Waals surface area (Å²) in [7, 11) is 0. The molecule has 1 fully saturated rings. The summed E-state index contributed by atoms with van der Waals surface area (Å²) in [5, 5.41) is 10.5. The van der Waals surface area contributed by atoms with Gasteiger partial charge < -0.3 is 14.7 Å². The zero-order chi connectivity index (χ0) is 19.0. The Morgan fingerprint density at radius 1 is 1.32 bits per heavy atom. The van der Waals surface area contributed by atoms with Crippen LogP contribution in [0.5, 0.6) is 0 Å². The number of nitrogens with zero attached hydrogens (tertiary/aromatic N) is 1. The van der Waals surface area contributed by atoms with Crippen molar-refractivity contribution in [2.75, 3.05) is 6.54 Å². The Hall–Kier alpha value is -1.83. The van der Waals surface area contributed by atoms with Crippen molar-refractivity contribution in [1.29, 1.82) is 0 Å². The number of carbonyl (C=O) groups excluding carboxylic acids is 1. The molecule has 0 radical (unpaired) electrons. The highest BCUT2D eigenvalue weighted by molar-refractivity contribution is 5.69. The zero-order valence-corrected chi connectivity index (χ0v) is 14.2. The second-order valence-corrected chi connectivity index (χ2v) is 7.07. The van der Waals surface area contributed by atoms with Crippen molar-refractivity contribution in [3.63, 3.8) is 0 Å². The highest BCUT2D eigenvalue weighted by Gasteiger charge is 2.38. The third kappa shape index (κ3) is 4.62. The smallest absolute Gasteiger partial charge is 0.419 e. The van der Waals surface area contributed by atoms with Gasteiger partial charge in [-0.2, -0.15) is 13.2 Å². The molecule has 1 saturated heterocycles. The third-order valence-corrected chi connectivity index (χ3v) is 3.93. The second kappa shape index (κ2) is 6.82. The van der Waals surface area contributed by atoms with Gasteiger partial charge in [0, 0.05) is 6.54 Å². The first-order valence-corrected chi connectivity index (χ1v) is 7.94. The maximum Gasteiger partial charge on any atom is 0.419 e. The van der Waals surface area contributed by atoms with Crippen LogP contribution in [0, 0.1) is 5.82 Å². The van der Waals surface area contributed by atoms with E-state index in [0.717, 1.165) is 6.07 Å². The lowest BCUT2D eigenvalue weighted by atomic mass is 9.99. The van der Waals surface area contributed by atoms with Crippen molar-refractivity contribution in [2.24, 2.45) is 0 Å². The molecule has 0 spiro atoms. The van der Waals surface area contributed by atoms with Crippen molar-refractivity contribution >= 4 is 6.09 Å². The molecule has 1 amide bonds. The van der Waals surface area contributed by atoms with Crippen molar-refractivity contribution in [3.8, 4) is 0 Å². The van der Waals surface area contributed by atoms with E-state index < -0.39 is 41.4 Å². The molecule has 2 unspecified atom stereocenters. The number of ether oxygens (including phenoxy) is 1. The minimum Gasteiger partial charge on any atom is -0.444 e. The molecule has 25 heavy (non-hydrogen) atoms. The van der Waals surface area contributed by atoms with Gasteiger partial charge in [-0.25, -0.2) is 9.18 Å². The summed E-state index contributed by atoms with van der Waals surface area (Å²) >= 11 is 0. The Morgan fingerprint density at radius 2 is 1.96 bits per heavy atom. The predicted octanol–water partition coefficient (Wildman–Crippen LogP) is 4.28. The van der Waals surface area contributed by atoms with Crippen LogP contribution in [0.25, 0.3) is 0 Å². The monoisotopic (exact) mass is 363 g/mol. The molecule has 140 valence electrons. The van der Waals surface area contributed by atoms with Crippen LogP contribution < -0.4 is 0 Å². The maximum absolute atomic E-state index is 13.7. The lowest BCUT2D eigenvalue weighted by molar-refractivity contribution is -0.140. The van der Waals surface area contributed by atoms with Gasteiger partial charge in [-0.3, -0.25) is 0 Å². The van der Waals surface area contributed by atoms with Crippen molar-refractivity contribution in [2.45, 2.75) is 57.5 Å². The lowest BCUT2D eigenvalue weighted by Gasteiger charge is -2.31. The molecule has 0 bridgehead atoms. The third-order valence-electron chi connectivity index (χ3n) is 3.93. The van der Waals surface area contributed by atoms with E-state index in [-0.39, 0.29) is 5.56 Å². The van der Waals surface area contributed by atoms with Gasteiger partial charge in [-0.05, 0) is 51.3 Å².